The van der Waals surface area contributed by atoms with Crippen molar-refractivity contribution in [1.29, 1.82) is 0 Å². The predicted octanol–water partition coefficient (Wildman–Crippen LogP) is 7.22. The average Bonchev–Trinajstić information content (AvgIpc) is 2.97. The summed E-state index contributed by atoms with van der Waals surface area (Å²) in [5.41, 5.74) is -0.452. The Morgan fingerprint density at radius 3 is 2.31 bits per heavy atom. The van der Waals surface area contributed by atoms with Gasteiger partial charge >= 0.3 is 18.2 Å². The molecule has 0 aromatic heterocycles. The molecular weight excluding hydrogens is 569 g/mol. The van der Waals surface area contributed by atoms with Crippen LogP contribution in [0.3, 0.4) is 0 Å². The van der Waals surface area contributed by atoms with Gasteiger partial charge < -0.3 is 24.8 Å². The predicted molar refractivity (Wildman–Crippen MR) is 157 cm³/mol. The first kappa shape index (κ1) is 32.8. The highest BCUT2D eigenvalue weighted by atomic mass is 32.2. The number of carboxylic acid groups (broad SMARTS) is 1. The monoisotopic (exact) mass is 604 g/mol. The number of carbonyl (C=O) groups excluding carboxylic acids is 1. The molecule has 3 aromatic carbocycles. The number of rotatable bonds is 16. The molecule has 1 atom stereocenters. The number of unbranched alkanes of at least 4 members (excludes halogenated alkanes) is 1. The van der Waals surface area contributed by atoms with Gasteiger partial charge in [0.25, 0.3) is 0 Å². The lowest BCUT2D eigenvalue weighted by atomic mass is 10.1. The molecule has 0 heterocycles. The van der Waals surface area contributed by atoms with E-state index >= 15 is 0 Å². The van der Waals surface area contributed by atoms with Crippen molar-refractivity contribution in [3.8, 4) is 5.75 Å². The van der Waals surface area contributed by atoms with Crippen LogP contribution in [0.25, 0.3) is 0 Å². The summed E-state index contributed by atoms with van der Waals surface area (Å²) in [6.45, 7) is 2.62. The number of nitrogens with zero attached hydrogens (tertiary/aromatic N) is 1. The van der Waals surface area contributed by atoms with E-state index in [2.05, 4.69) is 5.32 Å². The molecule has 0 aliphatic carbocycles. The van der Waals surface area contributed by atoms with Gasteiger partial charge in [0.15, 0.2) is 6.10 Å². The molecule has 0 aliphatic rings. The van der Waals surface area contributed by atoms with E-state index in [4.69, 9.17) is 9.47 Å². The molecular formula is C31H35F3N2O5S. The summed E-state index contributed by atoms with van der Waals surface area (Å²) < 4.78 is 51.5. The Labute approximate surface area is 248 Å². The fourth-order valence-corrected chi connectivity index (χ4v) is 5.02. The van der Waals surface area contributed by atoms with Crippen LogP contribution in [0.4, 0.5) is 23.7 Å². The first-order chi connectivity index (χ1) is 20.2. The first-order valence-electron chi connectivity index (χ1n) is 13.6. The third kappa shape index (κ3) is 10.9. The summed E-state index contributed by atoms with van der Waals surface area (Å²) in [4.78, 5) is 27.0. The summed E-state index contributed by atoms with van der Waals surface area (Å²) in [6, 6.07) is 21.1. The molecule has 11 heteroatoms. The molecule has 2 amide bonds. The van der Waals surface area contributed by atoms with E-state index in [0.29, 0.717) is 18.7 Å². The zero-order chi connectivity index (χ0) is 30.4. The van der Waals surface area contributed by atoms with Crippen LogP contribution < -0.4 is 10.1 Å². The molecule has 0 saturated carbocycles. The molecule has 7 nitrogen and oxygen atoms in total. The lowest BCUT2D eigenvalue weighted by molar-refractivity contribution is -0.150. The van der Waals surface area contributed by atoms with E-state index in [1.54, 1.807) is 43.0 Å². The van der Waals surface area contributed by atoms with Crippen LogP contribution >= 0.6 is 11.8 Å². The molecule has 42 heavy (non-hydrogen) atoms. The molecule has 226 valence electrons. The van der Waals surface area contributed by atoms with Crippen LogP contribution in [0.2, 0.25) is 0 Å². The van der Waals surface area contributed by atoms with Crippen molar-refractivity contribution in [2.75, 3.05) is 37.4 Å². The van der Waals surface area contributed by atoms with Crippen molar-refractivity contribution in [3.05, 3.63) is 90.0 Å². The number of halogens is 3. The number of hydrogen-bond acceptors (Lipinski definition) is 5. The molecule has 0 radical (unpaired) electrons. The minimum atomic E-state index is -4.61. The second kappa shape index (κ2) is 16.7. The Kier molecular flexibility index (Phi) is 13.0. The van der Waals surface area contributed by atoms with Crippen LogP contribution in [0.5, 0.6) is 5.75 Å². The lowest BCUT2D eigenvalue weighted by Crippen LogP contribution is -2.39. The minimum absolute atomic E-state index is 0.114. The quantitative estimate of drug-likeness (QED) is 0.133. The van der Waals surface area contributed by atoms with E-state index in [0.717, 1.165) is 28.7 Å². The van der Waals surface area contributed by atoms with Gasteiger partial charge in [0.1, 0.15) is 12.4 Å². The van der Waals surface area contributed by atoms with E-state index in [9.17, 15) is 27.9 Å². The average molecular weight is 605 g/mol. The van der Waals surface area contributed by atoms with Crippen LogP contribution in [0.15, 0.2) is 83.8 Å². The number of ether oxygens (including phenoxy) is 2. The number of carbonyl (C=O) groups is 2. The fraction of sp³-hybridized carbons (Fsp3) is 0.355. The number of aliphatic carboxylic acids is 1. The number of para-hydroxylation sites is 1. The van der Waals surface area contributed by atoms with Gasteiger partial charge in [-0.1, -0.05) is 42.5 Å². The fourth-order valence-electron chi connectivity index (χ4n) is 4.09. The van der Waals surface area contributed by atoms with Gasteiger partial charge in [0.2, 0.25) is 0 Å². The summed E-state index contributed by atoms with van der Waals surface area (Å²) in [5, 5.41) is 11.7. The molecule has 0 saturated heterocycles. The summed E-state index contributed by atoms with van der Waals surface area (Å²) in [7, 11) is 0. The van der Waals surface area contributed by atoms with E-state index in [1.165, 1.54) is 23.1 Å². The second-order valence-electron chi connectivity index (χ2n) is 9.31. The van der Waals surface area contributed by atoms with E-state index in [-0.39, 0.29) is 31.9 Å². The van der Waals surface area contributed by atoms with Gasteiger partial charge in [0.05, 0.1) is 17.8 Å². The number of urea groups is 1. The molecule has 0 spiro atoms. The van der Waals surface area contributed by atoms with Crippen LogP contribution in [0.1, 0.15) is 30.9 Å². The number of benzene rings is 3. The highest BCUT2D eigenvalue weighted by Crippen LogP contribution is 2.34. The Morgan fingerprint density at radius 2 is 1.64 bits per heavy atom. The van der Waals surface area contributed by atoms with E-state index < -0.39 is 29.8 Å². The third-order valence-corrected chi connectivity index (χ3v) is 7.31. The second-order valence-corrected chi connectivity index (χ2v) is 10.5. The molecule has 2 N–H and O–H groups in total. The Bertz CT molecular complexity index is 1260. The van der Waals surface area contributed by atoms with Gasteiger partial charge in [-0.25, -0.2) is 9.59 Å². The van der Waals surface area contributed by atoms with Crippen molar-refractivity contribution >= 4 is 29.4 Å². The minimum Gasteiger partial charge on any atom is -0.492 e. The Hall–Kier alpha value is -3.70. The topological polar surface area (TPSA) is 88.1 Å². The van der Waals surface area contributed by atoms with Crippen molar-refractivity contribution in [2.45, 2.75) is 43.4 Å². The molecule has 0 fully saturated rings. The summed E-state index contributed by atoms with van der Waals surface area (Å²) in [6.07, 6.45) is -3.87. The van der Waals surface area contributed by atoms with Crippen molar-refractivity contribution in [1.82, 2.24) is 4.90 Å². The third-order valence-electron chi connectivity index (χ3n) is 6.21. The van der Waals surface area contributed by atoms with Crippen LogP contribution in [-0.2, 0) is 22.1 Å². The van der Waals surface area contributed by atoms with Crippen LogP contribution in [-0.4, -0.2) is 60.2 Å². The van der Waals surface area contributed by atoms with Crippen molar-refractivity contribution in [3.63, 3.8) is 0 Å². The van der Waals surface area contributed by atoms with Gasteiger partial charge in [0, 0.05) is 24.5 Å². The molecule has 1 unspecified atom stereocenters. The van der Waals surface area contributed by atoms with E-state index in [1.807, 2.05) is 30.3 Å². The van der Waals surface area contributed by atoms with Gasteiger partial charge in [-0.15, -0.1) is 11.8 Å². The lowest BCUT2D eigenvalue weighted by Gasteiger charge is -2.24. The van der Waals surface area contributed by atoms with Gasteiger partial charge in [-0.2, -0.15) is 13.2 Å². The molecule has 0 bridgehead atoms. The molecule has 3 aromatic rings. The number of amides is 2. The molecule has 0 aliphatic heterocycles. The van der Waals surface area contributed by atoms with Crippen molar-refractivity contribution < 1.29 is 37.3 Å². The zero-order valence-corrected chi connectivity index (χ0v) is 24.1. The zero-order valence-electron chi connectivity index (χ0n) is 23.3. The number of alkyl halides is 3. The molecule has 3 rings (SSSR count). The maximum atomic E-state index is 13.5. The normalized spacial score (nSPS) is 12.0. The smallest absolute Gasteiger partial charge is 0.418 e. The van der Waals surface area contributed by atoms with Gasteiger partial charge in [-0.3, -0.25) is 0 Å². The summed E-state index contributed by atoms with van der Waals surface area (Å²) >= 11 is 1.70. The number of carboxylic acids is 1. The maximum absolute atomic E-state index is 13.5. The number of anilines is 1. The first-order valence-corrected chi connectivity index (χ1v) is 14.6. The maximum Gasteiger partial charge on any atom is 0.418 e. The largest absolute Gasteiger partial charge is 0.492 e. The van der Waals surface area contributed by atoms with Crippen molar-refractivity contribution in [2.24, 2.45) is 0 Å². The number of hydrogen-bond donors (Lipinski definition) is 2. The van der Waals surface area contributed by atoms with Crippen LogP contribution in [0, 0.1) is 0 Å². The highest BCUT2D eigenvalue weighted by molar-refractivity contribution is 7.99. The Balaban J connectivity index is 1.58. The number of thioether (sulfide) groups is 1. The highest BCUT2D eigenvalue weighted by Gasteiger charge is 2.34. The SMILES string of the molecule is CCOC(Cc1ccc(OCCN(CCCCSc2ccccc2)C(=O)Nc2ccccc2C(F)(F)F)cc1)C(=O)O. The summed E-state index contributed by atoms with van der Waals surface area (Å²) in [5.74, 6) is 0.321. The Morgan fingerprint density at radius 1 is 0.952 bits per heavy atom. The van der Waals surface area contributed by atoms with Gasteiger partial charge in [-0.05, 0) is 67.5 Å². The standard InChI is InChI=1S/C31H35F3N2O5S/c1-2-40-28(29(37)38)22-23-14-16-24(17-15-23)41-20-19-36(18-8-9-21-42-25-10-4-3-5-11-25)30(39)35-27-13-7-6-12-26(27)31(32,33)34/h3-7,10-17,28H,2,8-9,18-22H2,1H3,(H,35,39)(H,37,38). The number of nitrogens with one attached hydrogen (secondary N) is 1.